The van der Waals surface area contributed by atoms with Gasteiger partial charge in [0.2, 0.25) is 0 Å². The quantitative estimate of drug-likeness (QED) is 0.321. The standard InChI is InChI=1S/C28H29NO5/c1-28(2,3)34-27(32)29-25-17-20(12-14-24(25)23-11-7-10-22(16-23)18-30)13-15-26(31)33-19-21-8-5-4-6-9-21/h4-12,14,16-18H,13,15,19H2,1-3H3,(H,29,32). The Balaban J connectivity index is 1.75. The van der Waals surface area contributed by atoms with Crippen LogP contribution in [-0.4, -0.2) is 23.9 Å². The lowest BCUT2D eigenvalue weighted by atomic mass is 9.98. The van der Waals surface area contributed by atoms with Crippen molar-refractivity contribution in [1.29, 1.82) is 0 Å². The first kappa shape index (κ1) is 24.7. The van der Waals surface area contributed by atoms with Crippen molar-refractivity contribution in [3.8, 4) is 11.1 Å². The molecule has 0 saturated heterocycles. The topological polar surface area (TPSA) is 81.7 Å². The molecule has 0 spiro atoms. The first-order valence-electron chi connectivity index (χ1n) is 11.1. The fourth-order valence-corrected chi connectivity index (χ4v) is 3.35. The predicted octanol–water partition coefficient (Wildman–Crippen LogP) is 6.19. The number of anilines is 1. The molecule has 0 saturated carbocycles. The van der Waals surface area contributed by atoms with Crippen LogP contribution in [0.3, 0.4) is 0 Å². The number of aryl methyl sites for hydroxylation is 1. The predicted molar refractivity (Wildman–Crippen MR) is 132 cm³/mol. The van der Waals surface area contributed by atoms with Gasteiger partial charge in [0.1, 0.15) is 18.5 Å². The molecule has 1 amide bonds. The van der Waals surface area contributed by atoms with E-state index in [1.807, 2.05) is 54.6 Å². The van der Waals surface area contributed by atoms with Gasteiger partial charge >= 0.3 is 12.1 Å². The zero-order valence-corrected chi connectivity index (χ0v) is 19.7. The van der Waals surface area contributed by atoms with Gasteiger partial charge in [-0.1, -0.05) is 60.7 Å². The number of aldehydes is 1. The molecule has 0 aliphatic rings. The maximum Gasteiger partial charge on any atom is 0.412 e. The third kappa shape index (κ3) is 7.59. The summed E-state index contributed by atoms with van der Waals surface area (Å²) in [4.78, 5) is 35.9. The number of amides is 1. The van der Waals surface area contributed by atoms with Crippen LogP contribution in [0.1, 0.15) is 48.7 Å². The number of carbonyl (C=O) groups excluding carboxylic acids is 3. The van der Waals surface area contributed by atoms with Gasteiger partial charge in [0.25, 0.3) is 0 Å². The summed E-state index contributed by atoms with van der Waals surface area (Å²) in [6.45, 7) is 5.60. The Labute approximate surface area is 199 Å². The average molecular weight is 460 g/mol. The Morgan fingerprint density at radius 3 is 2.38 bits per heavy atom. The molecule has 0 bridgehead atoms. The van der Waals surface area contributed by atoms with Gasteiger partial charge in [-0.05, 0) is 56.0 Å². The third-order valence-corrected chi connectivity index (χ3v) is 4.91. The lowest BCUT2D eigenvalue weighted by molar-refractivity contribution is -0.144. The molecular weight excluding hydrogens is 430 g/mol. The van der Waals surface area contributed by atoms with E-state index in [1.165, 1.54) is 0 Å². The van der Waals surface area contributed by atoms with E-state index in [2.05, 4.69) is 5.32 Å². The van der Waals surface area contributed by atoms with Crippen LogP contribution < -0.4 is 5.32 Å². The van der Waals surface area contributed by atoms with E-state index < -0.39 is 11.7 Å². The highest BCUT2D eigenvalue weighted by atomic mass is 16.6. The van der Waals surface area contributed by atoms with E-state index in [0.717, 1.165) is 28.5 Å². The van der Waals surface area contributed by atoms with Gasteiger partial charge in [-0.15, -0.1) is 0 Å². The minimum absolute atomic E-state index is 0.207. The van der Waals surface area contributed by atoms with Crippen LogP contribution in [0.15, 0.2) is 72.8 Å². The second-order valence-corrected chi connectivity index (χ2v) is 8.90. The van der Waals surface area contributed by atoms with Crippen LogP contribution in [-0.2, 0) is 27.3 Å². The van der Waals surface area contributed by atoms with Gasteiger partial charge in [0, 0.05) is 17.5 Å². The number of hydrogen-bond donors (Lipinski definition) is 1. The fourth-order valence-electron chi connectivity index (χ4n) is 3.35. The molecule has 0 unspecified atom stereocenters. The second kappa shape index (κ2) is 11.3. The number of esters is 1. The highest BCUT2D eigenvalue weighted by Gasteiger charge is 2.18. The maximum absolute atomic E-state index is 12.5. The van der Waals surface area contributed by atoms with Crippen molar-refractivity contribution in [2.45, 2.75) is 45.8 Å². The van der Waals surface area contributed by atoms with Crippen molar-refractivity contribution in [1.82, 2.24) is 0 Å². The zero-order valence-electron chi connectivity index (χ0n) is 19.7. The van der Waals surface area contributed by atoms with E-state index in [4.69, 9.17) is 9.47 Å². The Morgan fingerprint density at radius 1 is 0.912 bits per heavy atom. The van der Waals surface area contributed by atoms with Gasteiger partial charge in [-0.25, -0.2) is 4.79 Å². The molecule has 34 heavy (non-hydrogen) atoms. The largest absolute Gasteiger partial charge is 0.461 e. The second-order valence-electron chi connectivity index (χ2n) is 8.90. The number of benzene rings is 3. The SMILES string of the molecule is CC(C)(C)OC(=O)Nc1cc(CCC(=O)OCc2ccccc2)ccc1-c1cccc(C=O)c1. The van der Waals surface area contributed by atoms with Crippen LogP contribution in [0.2, 0.25) is 0 Å². The number of rotatable bonds is 8. The summed E-state index contributed by atoms with van der Waals surface area (Å²) < 4.78 is 10.8. The molecule has 3 aromatic rings. The lowest BCUT2D eigenvalue weighted by Crippen LogP contribution is -2.27. The highest BCUT2D eigenvalue weighted by Crippen LogP contribution is 2.30. The van der Waals surface area contributed by atoms with Crippen molar-refractivity contribution in [2.75, 3.05) is 5.32 Å². The number of ether oxygens (including phenoxy) is 2. The molecule has 0 radical (unpaired) electrons. The fraction of sp³-hybridized carbons (Fsp3) is 0.250. The Hall–Kier alpha value is -3.93. The van der Waals surface area contributed by atoms with Crippen LogP contribution in [0, 0.1) is 0 Å². The summed E-state index contributed by atoms with van der Waals surface area (Å²) in [5.74, 6) is -0.298. The smallest absolute Gasteiger partial charge is 0.412 e. The Bertz CT molecular complexity index is 1150. The van der Waals surface area contributed by atoms with Crippen molar-refractivity contribution in [2.24, 2.45) is 0 Å². The molecule has 0 aromatic heterocycles. The molecular formula is C28H29NO5. The summed E-state index contributed by atoms with van der Waals surface area (Å²) in [5, 5.41) is 2.81. The lowest BCUT2D eigenvalue weighted by Gasteiger charge is -2.21. The van der Waals surface area contributed by atoms with Crippen molar-refractivity contribution in [3.05, 3.63) is 89.5 Å². The monoisotopic (exact) mass is 459 g/mol. The highest BCUT2D eigenvalue weighted by molar-refractivity contribution is 5.92. The van der Waals surface area contributed by atoms with E-state index in [0.29, 0.717) is 17.7 Å². The maximum atomic E-state index is 12.5. The van der Waals surface area contributed by atoms with Crippen LogP contribution in [0.5, 0.6) is 0 Å². The normalized spacial score (nSPS) is 10.9. The minimum Gasteiger partial charge on any atom is -0.461 e. The van der Waals surface area contributed by atoms with Gasteiger partial charge < -0.3 is 9.47 Å². The van der Waals surface area contributed by atoms with E-state index in [1.54, 1.807) is 39.0 Å². The van der Waals surface area contributed by atoms with Gasteiger partial charge in [0.15, 0.2) is 0 Å². The van der Waals surface area contributed by atoms with Gasteiger partial charge in [-0.3, -0.25) is 14.9 Å². The molecule has 3 rings (SSSR count). The van der Waals surface area contributed by atoms with Crippen molar-refractivity contribution in [3.63, 3.8) is 0 Å². The number of carbonyl (C=O) groups is 3. The summed E-state index contributed by atoms with van der Waals surface area (Å²) in [5.41, 5.74) is 3.73. The summed E-state index contributed by atoms with van der Waals surface area (Å²) in [7, 11) is 0. The first-order valence-corrected chi connectivity index (χ1v) is 11.1. The molecule has 0 aliphatic heterocycles. The van der Waals surface area contributed by atoms with Crippen LogP contribution >= 0.6 is 0 Å². The zero-order chi connectivity index (χ0) is 24.6. The molecule has 0 heterocycles. The molecule has 0 fully saturated rings. The molecule has 6 nitrogen and oxygen atoms in total. The average Bonchev–Trinajstić information content (AvgIpc) is 2.81. The van der Waals surface area contributed by atoms with Gasteiger partial charge in [-0.2, -0.15) is 0 Å². The van der Waals surface area contributed by atoms with Crippen molar-refractivity contribution >= 4 is 24.0 Å². The summed E-state index contributed by atoms with van der Waals surface area (Å²) in [6.07, 6.45) is 0.851. The summed E-state index contributed by atoms with van der Waals surface area (Å²) >= 11 is 0. The van der Waals surface area contributed by atoms with Gasteiger partial charge in [0.05, 0.1) is 5.69 Å². The first-order chi connectivity index (χ1) is 16.2. The Morgan fingerprint density at radius 2 is 1.68 bits per heavy atom. The molecule has 6 heteroatoms. The van der Waals surface area contributed by atoms with E-state index in [-0.39, 0.29) is 19.0 Å². The third-order valence-electron chi connectivity index (χ3n) is 4.91. The van der Waals surface area contributed by atoms with E-state index >= 15 is 0 Å². The minimum atomic E-state index is -0.651. The van der Waals surface area contributed by atoms with E-state index in [9.17, 15) is 14.4 Å². The Kier molecular flexibility index (Phi) is 8.19. The molecule has 0 atom stereocenters. The molecule has 3 aromatic carbocycles. The van der Waals surface area contributed by atoms with Crippen molar-refractivity contribution < 1.29 is 23.9 Å². The number of nitrogens with one attached hydrogen (secondary N) is 1. The van der Waals surface area contributed by atoms with Crippen LogP contribution in [0.4, 0.5) is 10.5 Å². The van der Waals surface area contributed by atoms with Crippen LogP contribution in [0.25, 0.3) is 11.1 Å². The molecule has 0 aliphatic carbocycles. The summed E-state index contributed by atoms with van der Waals surface area (Å²) in [6, 6.07) is 22.2. The molecule has 1 N–H and O–H groups in total. The number of hydrogen-bond acceptors (Lipinski definition) is 5. The molecule has 176 valence electrons.